The number of rotatable bonds is 4. The van der Waals surface area contributed by atoms with Gasteiger partial charge in [-0.2, -0.15) is 0 Å². The zero-order valence-corrected chi connectivity index (χ0v) is 17.4. The fraction of sp³-hybridized carbons (Fsp3) is 0.0909. The van der Waals surface area contributed by atoms with Crippen LogP contribution in [0.3, 0.4) is 0 Å². The largest absolute Gasteiger partial charge is 0.403 e. The lowest BCUT2D eigenvalue weighted by Gasteiger charge is -2.07. The van der Waals surface area contributed by atoms with E-state index >= 15 is 0 Å². The number of hydrogen-bond acceptors (Lipinski definition) is 6. The maximum atomic E-state index is 14.9. The molecule has 2 aromatic carbocycles. The quantitative estimate of drug-likeness (QED) is 0.415. The van der Waals surface area contributed by atoms with Gasteiger partial charge in [0, 0.05) is 25.0 Å². The summed E-state index contributed by atoms with van der Waals surface area (Å²) in [6.45, 7) is 1.97. The van der Waals surface area contributed by atoms with E-state index < -0.39 is 5.82 Å². The molecule has 5 aromatic rings. The molecule has 0 amide bonds. The minimum Gasteiger partial charge on any atom is -0.403 e. The molecule has 0 atom stereocenters. The Morgan fingerprint density at radius 3 is 2.58 bits per heavy atom. The number of aromatic nitrogens is 5. The first-order valence-corrected chi connectivity index (χ1v) is 9.84. The van der Waals surface area contributed by atoms with Crippen molar-refractivity contribution in [2.75, 3.05) is 12.4 Å². The van der Waals surface area contributed by atoms with Crippen LogP contribution in [0, 0.1) is 12.7 Å². The van der Waals surface area contributed by atoms with Gasteiger partial charge in [-0.3, -0.25) is 4.40 Å². The second-order valence-electron chi connectivity index (χ2n) is 6.90. The summed E-state index contributed by atoms with van der Waals surface area (Å²) in [5.74, 6) is 0.158. The average molecular weight is 435 g/mol. The molecule has 9 heteroatoms. The number of benzene rings is 2. The number of halogens is 2. The Hall–Kier alpha value is -3.78. The third-order valence-electron chi connectivity index (χ3n) is 4.94. The molecule has 0 radical (unpaired) electrons. The summed E-state index contributed by atoms with van der Waals surface area (Å²) >= 11 is 6.39. The van der Waals surface area contributed by atoms with Crippen molar-refractivity contribution >= 4 is 23.4 Å². The Kier molecular flexibility index (Phi) is 4.63. The van der Waals surface area contributed by atoms with Crippen LogP contribution in [-0.4, -0.2) is 31.6 Å². The van der Waals surface area contributed by atoms with Gasteiger partial charge >= 0.3 is 6.01 Å². The number of anilines is 1. The molecule has 0 aliphatic carbocycles. The fourth-order valence-electron chi connectivity index (χ4n) is 3.48. The van der Waals surface area contributed by atoms with E-state index in [9.17, 15) is 4.39 Å². The van der Waals surface area contributed by atoms with Gasteiger partial charge in [0.05, 0.1) is 27.5 Å². The van der Waals surface area contributed by atoms with Crippen molar-refractivity contribution < 1.29 is 8.81 Å². The van der Waals surface area contributed by atoms with Crippen molar-refractivity contribution in [2.45, 2.75) is 6.92 Å². The summed E-state index contributed by atoms with van der Waals surface area (Å²) in [4.78, 5) is 9.21. The van der Waals surface area contributed by atoms with Crippen LogP contribution in [-0.2, 0) is 0 Å². The molecule has 1 N–H and O–H groups in total. The highest BCUT2D eigenvalue weighted by Crippen LogP contribution is 2.34. The third kappa shape index (κ3) is 3.30. The Bertz CT molecular complexity index is 1410. The highest BCUT2D eigenvalue weighted by Gasteiger charge is 2.20. The van der Waals surface area contributed by atoms with Crippen LogP contribution in [0.2, 0.25) is 5.02 Å². The van der Waals surface area contributed by atoms with Crippen LogP contribution in [0.15, 0.2) is 59.3 Å². The van der Waals surface area contributed by atoms with Gasteiger partial charge in [0.1, 0.15) is 5.82 Å². The Morgan fingerprint density at radius 2 is 1.81 bits per heavy atom. The van der Waals surface area contributed by atoms with Gasteiger partial charge in [0.2, 0.25) is 5.78 Å². The molecule has 0 saturated heterocycles. The van der Waals surface area contributed by atoms with E-state index in [1.807, 2.05) is 37.4 Å². The predicted molar refractivity (Wildman–Crippen MR) is 116 cm³/mol. The molecule has 0 aliphatic heterocycles. The zero-order valence-electron chi connectivity index (χ0n) is 16.6. The monoisotopic (exact) mass is 434 g/mol. The maximum absolute atomic E-state index is 14.9. The number of hydrogen-bond donors (Lipinski definition) is 1. The van der Waals surface area contributed by atoms with Crippen molar-refractivity contribution in [3.05, 3.63) is 71.3 Å². The van der Waals surface area contributed by atoms with Crippen molar-refractivity contribution in [2.24, 2.45) is 0 Å². The number of imidazole rings is 1. The van der Waals surface area contributed by atoms with Crippen molar-refractivity contribution in [1.82, 2.24) is 24.6 Å². The van der Waals surface area contributed by atoms with E-state index in [0.717, 1.165) is 11.1 Å². The first-order chi connectivity index (χ1) is 15.0. The van der Waals surface area contributed by atoms with Crippen LogP contribution < -0.4 is 5.32 Å². The molecule has 0 spiro atoms. The van der Waals surface area contributed by atoms with Gasteiger partial charge in [-0.25, -0.2) is 14.4 Å². The van der Waals surface area contributed by atoms with Crippen molar-refractivity contribution in [3.63, 3.8) is 0 Å². The van der Waals surface area contributed by atoms with Gasteiger partial charge in [0.15, 0.2) is 0 Å². The summed E-state index contributed by atoms with van der Waals surface area (Å²) in [6.07, 6.45) is 3.53. The molecular formula is C22H16ClFN6O. The van der Waals surface area contributed by atoms with Crippen LogP contribution >= 0.6 is 11.6 Å². The lowest BCUT2D eigenvalue weighted by atomic mass is 10.0. The Balaban J connectivity index is 1.65. The van der Waals surface area contributed by atoms with E-state index in [-0.39, 0.29) is 17.5 Å². The molecule has 3 aromatic heterocycles. The van der Waals surface area contributed by atoms with Crippen LogP contribution in [0.1, 0.15) is 5.56 Å². The summed E-state index contributed by atoms with van der Waals surface area (Å²) in [7, 11) is 1.66. The average Bonchev–Trinajstić information content (AvgIpc) is 3.40. The SMILES string of the molecule is CNc1nnc(-c2cccc(F)c2-c2cn3ccc(-c4c(C)cccc4Cl)nc3n2)o1. The highest BCUT2D eigenvalue weighted by molar-refractivity contribution is 6.33. The van der Waals surface area contributed by atoms with E-state index in [0.29, 0.717) is 27.8 Å². The number of aryl methyl sites for hydroxylation is 1. The van der Waals surface area contributed by atoms with E-state index in [2.05, 4.69) is 25.5 Å². The molecule has 0 bridgehead atoms. The second-order valence-corrected chi connectivity index (χ2v) is 7.31. The van der Waals surface area contributed by atoms with Gasteiger partial charge in [-0.1, -0.05) is 34.9 Å². The lowest BCUT2D eigenvalue weighted by molar-refractivity contribution is 0.583. The highest BCUT2D eigenvalue weighted by atomic mass is 35.5. The molecule has 3 heterocycles. The van der Waals surface area contributed by atoms with Gasteiger partial charge < -0.3 is 9.73 Å². The summed E-state index contributed by atoms with van der Waals surface area (Å²) in [5, 5.41) is 11.3. The van der Waals surface area contributed by atoms with E-state index in [4.69, 9.17) is 16.0 Å². The Labute approximate surface area is 181 Å². The molecular weight excluding hydrogens is 419 g/mol. The van der Waals surface area contributed by atoms with Crippen molar-refractivity contribution in [3.8, 4) is 34.0 Å². The number of nitrogens with zero attached hydrogens (tertiary/aromatic N) is 5. The van der Waals surface area contributed by atoms with Gasteiger partial charge in [0.25, 0.3) is 5.89 Å². The van der Waals surface area contributed by atoms with E-state index in [1.54, 1.807) is 29.8 Å². The minimum absolute atomic E-state index is 0.191. The first-order valence-electron chi connectivity index (χ1n) is 9.47. The number of fused-ring (bicyclic) bond motifs is 1. The molecule has 0 fully saturated rings. The summed E-state index contributed by atoms with van der Waals surface area (Å²) in [5.41, 5.74) is 3.64. The van der Waals surface area contributed by atoms with Crippen LogP contribution in [0.5, 0.6) is 0 Å². The number of nitrogens with one attached hydrogen (secondary N) is 1. The summed E-state index contributed by atoms with van der Waals surface area (Å²) in [6, 6.07) is 12.4. The minimum atomic E-state index is -0.452. The smallest absolute Gasteiger partial charge is 0.315 e. The molecule has 7 nitrogen and oxygen atoms in total. The third-order valence-corrected chi connectivity index (χ3v) is 5.26. The molecule has 5 rings (SSSR count). The normalized spacial score (nSPS) is 11.2. The first kappa shape index (κ1) is 19.2. The maximum Gasteiger partial charge on any atom is 0.315 e. The molecule has 31 heavy (non-hydrogen) atoms. The van der Waals surface area contributed by atoms with Gasteiger partial charge in [-0.15, -0.1) is 5.10 Å². The second kappa shape index (κ2) is 7.48. The fourth-order valence-corrected chi connectivity index (χ4v) is 3.80. The van der Waals surface area contributed by atoms with Crippen LogP contribution in [0.25, 0.3) is 39.7 Å². The lowest BCUT2D eigenvalue weighted by Crippen LogP contribution is -1.93. The molecule has 0 saturated carbocycles. The standard InChI is InChI=1S/C22H16ClFN6O/c1-12-5-3-7-14(23)18(12)16-9-10-30-11-17(27-21(30)26-16)19-13(6-4-8-15(19)24)20-28-29-22(25-2)31-20/h3-11H,1-2H3,(H,25,29). The molecule has 0 unspecified atom stereocenters. The van der Waals surface area contributed by atoms with E-state index in [1.165, 1.54) is 6.07 Å². The Morgan fingerprint density at radius 1 is 1.00 bits per heavy atom. The molecule has 154 valence electrons. The summed E-state index contributed by atoms with van der Waals surface area (Å²) < 4.78 is 22.2. The van der Waals surface area contributed by atoms with Crippen molar-refractivity contribution in [1.29, 1.82) is 0 Å². The predicted octanol–water partition coefficient (Wildman–Crippen LogP) is 5.26. The topological polar surface area (TPSA) is 81.1 Å². The zero-order chi connectivity index (χ0) is 21.5. The van der Waals surface area contributed by atoms with Crippen LogP contribution in [0.4, 0.5) is 10.4 Å². The van der Waals surface area contributed by atoms with Gasteiger partial charge in [-0.05, 0) is 36.8 Å². The molecule has 0 aliphatic rings.